The van der Waals surface area contributed by atoms with Crippen molar-refractivity contribution in [2.45, 2.75) is 26.8 Å². The second-order valence-electron chi connectivity index (χ2n) is 8.27. The van der Waals surface area contributed by atoms with Crippen molar-refractivity contribution in [1.29, 1.82) is 0 Å². The fraction of sp³-hybridized carbons (Fsp3) is 0.400. The first-order chi connectivity index (χ1) is 16.0. The average Bonchev–Trinajstić information content (AvgIpc) is 3.28. The third-order valence-electron chi connectivity index (χ3n) is 6.25. The highest BCUT2D eigenvalue weighted by Crippen LogP contribution is 2.31. The fourth-order valence-electron chi connectivity index (χ4n) is 4.46. The van der Waals surface area contributed by atoms with E-state index in [2.05, 4.69) is 19.9 Å². The topological polar surface area (TPSA) is 91.7 Å². The van der Waals surface area contributed by atoms with Gasteiger partial charge in [-0.2, -0.15) is 4.98 Å². The van der Waals surface area contributed by atoms with Crippen LogP contribution in [0, 0.1) is 6.92 Å². The van der Waals surface area contributed by atoms with Crippen molar-refractivity contribution in [3.63, 3.8) is 0 Å². The van der Waals surface area contributed by atoms with Crippen LogP contribution in [0.4, 0.5) is 11.4 Å². The summed E-state index contributed by atoms with van der Waals surface area (Å²) >= 11 is 0. The molecule has 8 heteroatoms. The lowest BCUT2D eigenvalue weighted by molar-refractivity contribution is -0.137. The smallest absolute Gasteiger partial charge is 0.257 e. The van der Waals surface area contributed by atoms with Gasteiger partial charge in [-0.3, -0.25) is 9.69 Å². The maximum atomic E-state index is 13.4. The molecule has 1 aromatic heterocycles. The number of carbonyl (C=O) groups is 1. The molecular weight excluding hydrogens is 416 g/mol. The highest BCUT2D eigenvalue weighted by atomic mass is 16.5. The molecule has 0 aliphatic carbocycles. The molecule has 0 bridgehead atoms. The Balaban J connectivity index is 1.50. The minimum atomic E-state index is -0.270. The van der Waals surface area contributed by atoms with Gasteiger partial charge in [0.15, 0.2) is 5.82 Å². The van der Waals surface area contributed by atoms with E-state index in [-0.39, 0.29) is 11.9 Å². The van der Waals surface area contributed by atoms with Gasteiger partial charge in [-0.05, 0) is 44.5 Å². The molecule has 0 saturated carbocycles. The number of aryl methyl sites for hydroxylation is 1. The normalized spacial score (nSPS) is 15.4. The van der Waals surface area contributed by atoms with Gasteiger partial charge in [-0.1, -0.05) is 35.5 Å². The van der Waals surface area contributed by atoms with Crippen molar-refractivity contribution in [3.05, 3.63) is 59.9 Å². The molecule has 1 amide bonds. The Bertz CT molecular complexity index is 1070. The zero-order chi connectivity index (χ0) is 23.4. The second kappa shape index (κ2) is 10.0. The SMILES string of the molecule is CCN(CC)C(=O)C(c1ccccc1)N1CCN(c2ccc(-c3nc(C)no3)cc2N)CC1. The van der Waals surface area contributed by atoms with Crippen molar-refractivity contribution < 1.29 is 9.32 Å². The third-order valence-corrected chi connectivity index (χ3v) is 6.25. The highest BCUT2D eigenvalue weighted by molar-refractivity contribution is 5.83. The number of rotatable bonds is 7. The van der Waals surface area contributed by atoms with E-state index in [1.807, 2.05) is 67.3 Å². The van der Waals surface area contributed by atoms with Crippen LogP contribution in [0.15, 0.2) is 53.1 Å². The number of carbonyl (C=O) groups excluding carboxylic acids is 1. The van der Waals surface area contributed by atoms with E-state index in [0.717, 1.165) is 43.0 Å². The number of nitrogen functional groups attached to an aromatic ring is 1. The lowest BCUT2D eigenvalue weighted by Crippen LogP contribution is -2.51. The predicted octanol–water partition coefficient (Wildman–Crippen LogP) is 3.36. The first-order valence-electron chi connectivity index (χ1n) is 11.5. The number of nitrogens with two attached hydrogens (primary N) is 1. The van der Waals surface area contributed by atoms with E-state index >= 15 is 0 Å². The molecule has 3 aromatic rings. The number of likely N-dealkylation sites (N-methyl/N-ethyl adjacent to an activating group) is 1. The van der Waals surface area contributed by atoms with Crippen LogP contribution in [-0.4, -0.2) is 65.1 Å². The molecule has 1 fully saturated rings. The molecule has 4 rings (SSSR count). The Morgan fingerprint density at radius 2 is 1.79 bits per heavy atom. The third kappa shape index (κ3) is 4.85. The number of hydrogen-bond donors (Lipinski definition) is 1. The summed E-state index contributed by atoms with van der Waals surface area (Å²) in [5, 5.41) is 3.85. The van der Waals surface area contributed by atoms with Crippen molar-refractivity contribution in [2.75, 3.05) is 49.9 Å². The Morgan fingerprint density at radius 3 is 2.36 bits per heavy atom. The van der Waals surface area contributed by atoms with Crippen LogP contribution in [-0.2, 0) is 4.79 Å². The van der Waals surface area contributed by atoms with Crippen molar-refractivity contribution in [1.82, 2.24) is 19.9 Å². The monoisotopic (exact) mass is 448 g/mol. The molecule has 1 saturated heterocycles. The standard InChI is InChI=1S/C25H32N6O2/c1-4-29(5-2)25(32)23(19-9-7-6-8-10-19)31-15-13-30(14-16-31)22-12-11-20(17-21(22)26)24-27-18(3)28-33-24/h6-12,17,23H,4-5,13-16,26H2,1-3H3. The second-order valence-corrected chi connectivity index (χ2v) is 8.27. The lowest BCUT2D eigenvalue weighted by atomic mass is 10.0. The first-order valence-corrected chi connectivity index (χ1v) is 11.5. The summed E-state index contributed by atoms with van der Waals surface area (Å²) in [4.78, 5) is 24.2. The predicted molar refractivity (Wildman–Crippen MR) is 130 cm³/mol. The van der Waals surface area contributed by atoms with Crippen LogP contribution in [0.1, 0.15) is 31.3 Å². The van der Waals surface area contributed by atoms with Gasteiger partial charge in [0.05, 0.1) is 11.4 Å². The zero-order valence-electron chi connectivity index (χ0n) is 19.6. The minimum absolute atomic E-state index is 0.165. The van der Waals surface area contributed by atoms with E-state index in [4.69, 9.17) is 10.3 Å². The Hall–Kier alpha value is -3.39. The molecule has 2 N–H and O–H groups in total. The van der Waals surface area contributed by atoms with Crippen molar-refractivity contribution in [3.8, 4) is 11.5 Å². The Morgan fingerprint density at radius 1 is 1.09 bits per heavy atom. The average molecular weight is 449 g/mol. The molecule has 2 heterocycles. The first kappa shape index (κ1) is 22.8. The number of anilines is 2. The number of nitrogens with zero attached hydrogens (tertiary/aromatic N) is 5. The van der Waals surface area contributed by atoms with Gasteiger partial charge in [-0.25, -0.2) is 0 Å². The van der Waals surface area contributed by atoms with Gasteiger partial charge in [0.25, 0.3) is 5.89 Å². The maximum Gasteiger partial charge on any atom is 0.257 e. The Labute approximate surface area is 195 Å². The molecule has 1 aliphatic rings. The number of benzene rings is 2. The lowest BCUT2D eigenvalue weighted by Gasteiger charge is -2.41. The van der Waals surface area contributed by atoms with Crippen molar-refractivity contribution >= 4 is 17.3 Å². The summed E-state index contributed by atoms with van der Waals surface area (Å²) in [6, 6.07) is 15.7. The summed E-state index contributed by atoms with van der Waals surface area (Å²) in [6.07, 6.45) is 0. The molecule has 1 atom stereocenters. The van der Waals surface area contributed by atoms with Gasteiger partial charge in [-0.15, -0.1) is 0 Å². The quantitative estimate of drug-likeness (QED) is 0.554. The molecule has 174 valence electrons. The van der Waals surface area contributed by atoms with Gasteiger partial charge in [0, 0.05) is 44.8 Å². The van der Waals surface area contributed by atoms with Crippen LogP contribution in [0.25, 0.3) is 11.5 Å². The highest BCUT2D eigenvalue weighted by Gasteiger charge is 2.33. The van der Waals surface area contributed by atoms with Crippen LogP contribution >= 0.6 is 0 Å². The molecule has 2 aromatic carbocycles. The van der Waals surface area contributed by atoms with E-state index in [1.54, 1.807) is 6.92 Å². The zero-order valence-corrected chi connectivity index (χ0v) is 19.6. The van der Waals surface area contributed by atoms with Crippen LogP contribution in [0.5, 0.6) is 0 Å². The van der Waals surface area contributed by atoms with E-state index < -0.39 is 0 Å². The minimum Gasteiger partial charge on any atom is -0.397 e. The Kier molecular flexibility index (Phi) is 6.93. The van der Waals surface area contributed by atoms with Gasteiger partial charge < -0.3 is 20.1 Å². The fourth-order valence-corrected chi connectivity index (χ4v) is 4.46. The summed E-state index contributed by atoms with van der Waals surface area (Å²) < 4.78 is 5.26. The van der Waals surface area contributed by atoms with Gasteiger partial charge in [0.2, 0.25) is 5.91 Å². The molecule has 0 radical (unpaired) electrons. The van der Waals surface area contributed by atoms with Crippen LogP contribution in [0.2, 0.25) is 0 Å². The van der Waals surface area contributed by atoms with E-state index in [0.29, 0.717) is 30.5 Å². The molecule has 8 nitrogen and oxygen atoms in total. The largest absolute Gasteiger partial charge is 0.397 e. The van der Waals surface area contributed by atoms with Gasteiger partial charge >= 0.3 is 0 Å². The van der Waals surface area contributed by atoms with E-state index in [9.17, 15) is 4.79 Å². The summed E-state index contributed by atoms with van der Waals surface area (Å²) in [5.41, 5.74) is 9.92. The summed E-state index contributed by atoms with van der Waals surface area (Å²) in [7, 11) is 0. The van der Waals surface area contributed by atoms with Crippen LogP contribution < -0.4 is 10.6 Å². The molecule has 0 spiro atoms. The number of aromatic nitrogens is 2. The van der Waals surface area contributed by atoms with E-state index in [1.165, 1.54) is 0 Å². The molecule has 1 aliphatic heterocycles. The number of amides is 1. The number of hydrogen-bond acceptors (Lipinski definition) is 7. The van der Waals surface area contributed by atoms with Crippen molar-refractivity contribution in [2.24, 2.45) is 0 Å². The van der Waals surface area contributed by atoms with Crippen LogP contribution in [0.3, 0.4) is 0 Å². The summed E-state index contributed by atoms with van der Waals surface area (Å²) in [6.45, 7) is 10.4. The number of piperazine rings is 1. The molecule has 33 heavy (non-hydrogen) atoms. The van der Waals surface area contributed by atoms with Gasteiger partial charge in [0.1, 0.15) is 6.04 Å². The molecule has 1 unspecified atom stereocenters. The maximum absolute atomic E-state index is 13.4. The molecular formula is C25H32N6O2. The summed E-state index contributed by atoms with van der Waals surface area (Å²) in [5.74, 6) is 1.23.